The van der Waals surface area contributed by atoms with Crippen LogP contribution >= 0.6 is 0 Å². The SMILES string of the molecule is COc1ccc(CNC(=O)[C@H](N)c2ccccc2)cn1. The van der Waals surface area contributed by atoms with Gasteiger partial charge in [-0.05, 0) is 11.1 Å². The molecule has 0 bridgehead atoms. The van der Waals surface area contributed by atoms with E-state index < -0.39 is 6.04 Å². The standard InChI is InChI=1S/C15H17N3O2/c1-20-13-8-7-11(9-17-13)10-18-15(19)14(16)12-5-3-2-4-6-12/h2-9,14H,10,16H2,1H3,(H,18,19)/t14-/m1/s1. The Balaban J connectivity index is 1.91. The van der Waals surface area contributed by atoms with Crippen LogP contribution in [0.25, 0.3) is 0 Å². The fourth-order valence-corrected chi connectivity index (χ4v) is 1.75. The first kappa shape index (κ1) is 14.0. The fourth-order valence-electron chi connectivity index (χ4n) is 1.75. The summed E-state index contributed by atoms with van der Waals surface area (Å²) in [6.45, 7) is 0.385. The molecular weight excluding hydrogens is 254 g/mol. The van der Waals surface area contributed by atoms with Gasteiger partial charge in [0.15, 0.2) is 0 Å². The van der Waals surface area contributed by atoms with Crippen LogP contribution in [0.1, 0.15) is 17.2 Å². The van der Waals surface area contributed by atoms with Gasteiger partial charge in [0.25, 0.3) is 0 Å². The fraction of sp³-hybridized carbons (Fsp3) is 0.200. The van der Waals surface area contributed by atoms with Crippen molar-refractivity contribution >= 4 is 5.91 Å². The summed E-state index contributed by atoms with van der Waals surface area (Å²) in [4.78, 5) is 16.0. The Hall–Kier alpha value is -2.40. The van der Waals surface area contributed by atoms with Gasteiger partial charge >= 0.3 is 0 Å². The monoisotopic (exact) mass is 271 g/mol. The number of pyridine rings is 1. The molecule has 0 fully saturated rings. The van der Waals surface area contributed by atoms with Crippen LogP contribution in [-0.2, 0) is 11.3 Å². The number of hydrogen-bond acceptors (Lipinski definition) is 4. The van der Waals surface area contributed by atoms with E-state index in [-0.39, 0.29) is 5.91 Å². The van der Waals surface area contributed by atoms with Crippen LogP contribution in [-0.4, -0.2) is 18.0 Å². The molecule has 2 aromatic rings. The first-order valence-electron chi connectivity index (χ1n) is 6.28. The average Bonchev–Trinajstić information content (AvgIpc) is 2.53. The topological polar surface area (TPSA) is 77.2 Å². The number of nitrogens with zero attached hydrogens (tertiary/aromatic N) is 1. The van der Waals surface area contributed by atoms with E-state index in [0.717, 1.165) is 11.1 Å². The molecule has 0 aliphatic rings. The number of amides is 1. The minimum Gasteiger partial charge on any atom is -0.481 e. The van der Waals surface area contributed by atoms with Crippen LogP contribution < -0.4 is 15.8 Å². The van der Waals surface area contributed by atoms with E-state index in [4.69, 9.17) is 10.5 Å². The molecule has 0 aliphatic carbocycles. The molecule has 1 aromatic heterocycles. The van der Waals surface area contributed by atoms with Gasteiger partial charge in [-0.15, -0.1) is 0 Å². The number of nitrogens with two attached hydrogens (primary N) is 1. The van der Waals surface area contributed by atoms with E-state index in [2.05, 4.69) is 10.3 Å². The van der Waals surface area contributed by atoms with Crippen molar-refractivity contribution in [3.63, 3.8) is 0 Å². The smallest absolute Gasteiger partial charge is 0.241 e. The van der Waals surface area contributed by atoms with Crippen LogP contribution in [0.3, 0.4) is 0 Å². The second kappa shape index (κ2) is 6.68. The van der Waals surface area contributed by atoms with Crippen molar-refractivity contribution in [3.8, 4) is 5.88 Å². The summed E-state index contributed by atoms with van der Waals surface area (Å²) in [5.41, 5.74) is 7.58. The highest BCUT2D eigenvalue weighted by molar-refractivity contribution is 5.82. The lowest BCUT2D eigenvalue weighted by Crippen LogP contribution is -2.33. The Morgan fingerprint density at radius 1 is 1.30 bits per heavy atom. The second-order valence-corrected chi connectivity index (χ2v) is 4.31. The molecule has 5 nitrogen and oxygen atoms in total. The van der Waals surface area contributed by atoms with Gasteiger partial charge in [-0.1, -0.05) is 36.4 Å². The van der Waals surface area contributed by atoms with E-state index in [1.54, 1.807) is 19.4 Å². The molecule has 0 spiro atoms. The van der Waals surface area contributed by atoms with Crippen LogP contribution in [0.4, 0.5) is 0 Å². The number of nitrogens with one attached hydrogen (secondary N) is 1. The molecule has 0 radical (unpaired) electrons. The predicted molar refractivity (Wildman–Crippen MR) is 76.0 cm³/mol. The molecule has 0 unspecified atom stereocenters. The highest BCUT2D eigenvalue weighted by Crippen LogP contribution is 2.10. The molecule has 0 saturated carbocycles. The number of rotatable bonds is 5. The summed E-state index contributed by atoms with van der Waals surface area (Å²) in [5, 5.41) is 2.79. The van der Waals surface area contributed by atoms with Gasteiger partial charge in [0.2, 0.25) is 11.8 Å². The molecule has 1 aromatic carbocycles. The lowest BCUT2D eigenvalue weighted by Gasteiger charge is -2.12. The lowest BCUT2D eigenvalue weighted by atomic mass is 10.1. The maximum absolute atomic E-state index is 12.0. The Morgan fingerprint density at radius 3 is 2.65 bits per heavy atom. The quantitative estimate of drug-likeness (QED) is 0.862. The molecule has 0 aliphatic heterocycles. The zero-order valence-electron chi connectivity index (χ0n) is 11.2. The van der Waals surface area contributed by atoms with E-state index in [9.17, 15) is 4.79 Å². The van der Waals surface area contributed by atoms with Crippen LogP contribution in [0.5, 0.6) is 5.88 Å². The third kappa shape index (κ3) is 3.55. The maximum Gasteiger partial charge on any atom is 0.241 e. The molecular formula is C15H17N3O2. The summed E-state index contributed by atoms with van der Waals surface area (Å²) in [6, 6.07) is 12.2. The average molecular weight is 271 g/mol. The van der Waals surface area contributed by atoms with E-state index >= 15 is 0 Å². The van der Waals surface area contributed by atoms with Gasteiger partial charge in [0, 0.05) is 18.8 Å². The van der Waals surface area contributed by atoms with Crippen molar-refractivity contribution in [1.82, 2.24) is 10.3 Å². The number of aromatic nitrogens is 1. The molecule has 20 heavy (non-hydrogen) atoms. The highest BCUT2D eigenvalue weighted by Gasteiger charge is 2.14. The minimum atomic E-state index is -0.664. The molecule has 3 N–H and O–H groups in total. The third-order valence-electron chi connectivity index (χ3n) is 2.91. The second-order valence-electron chi connectivity index (χ2n) is 4.31. The molecule has 2 rings (SSSR count). The number of ether oxygens (including phenoxy) is 1. The Morgan fingerprint density at radius 2 is 2.05 bits per heavy atom. The third-order valence-corrected chi connectivity index (χ3v) is 2.91. The molecule has 1 atom stereocenters. The van der Waals surface area contributed by atoms with Crippen LogP contribution in [0.2, 0.25) is 0 Å². The Bertz CT molecular complexity index is 555. The number of methoxy groups -OCH3 is 1. The minimum absolute atomic E-state index is 0.216. The summed E-state index contributed by atoms with van der Waals surface area (Å²) >= 11 is 0. The van der Waals surface area contributed by atoms with E-state index in [0.29, 0.717) is 12.4 Å². The Labute approximate surface area is 117 Å². The maximum atomic E-state index is 12.0. The summed E-state index contributed by atoms with van der Waals surface area (Å²) in [5.74, 6) is 0.327. The predicted octanol–water partition coefficient (Wildman–Crippen LogP) is 1.41. The van der Waals surface area contributed by atoms with Gasteiger partial charge in [0.05, 0.1) is 7.11 Å². The molecule has 104 valence electrons. The van der Waals surface area contributed by atoms with Crippen molar-refractivity contribution in [1.29, 1.82) is 0 Å². The van der Waals surface area contributed by atoms with Crippen molar-refractivity contribution in [3.05, 3.63) is 59.8 Å². The number of benzene rings is 1. The van der Waals surface area contributed by atoms with Crippen LogP contribution in [0.15, 0.2) is 48.7 Å². The lowest BCUT2D eigenvalue weighted by molar-refractivity contribution is -0.122. The molecule has 0 saturated heterocycles. The van der Waals surface area contributed by atoms with Gasteiger partial charge in [-0.3, -0.25) is 4.79 Å². The van der Waals surface area contributed by atoms with Crippen molar-refractivity contribution in [2.45, 2.75) is 12.6 Å². The van der Waals surface area contributed by atoms with E-state index in [1.165, 1.54) is 0 Å². The summed E-state index contributed by atoms with van der Waals surface area (Å²) < 4.78 is 4.97. The number of carbonyl (C=O) groups is 1. The van der Waals surface area contributed by atoms with Crippen LogP contribution in [0, 0.1) is 0 Å². The van der Waals surface area contributed by atoms with Gasteiger partial charge in [0.1, 0.15) is 6.04 Å². The first-order valence-corrected chi connectivity index (χ1v) is 6.28. The van der Waals surface area contributed by atoms with Gasteiger partial charge < -0.3 is 15.8 Å². The summed E-state index contributed by atoms with van der Waals surface area (Å²) in [7, 11) is 1.56. The zero-order chi connectivity index (χ0) is 14.4. The zero-order valence-corrected chi connectivity index (χ0v) is 11.2. The van der Waals surface area contributed by atoms with Crippen molar-refractivity contribution in [2.24, 2.45) is 5.73 Å². The summed E-state index contributed by atoms with van der Waals surface area (Å²) in [6.07, 6.45) is 1.66. The Kier molecular flexibility index (Phi) is 4.68. The van der Waals surface area contributed by atoms with Gasteiger partial charge in [-0.25, -0.2) is 4.98 Å². The van der Waals surface area contributed by atoms with E-state index in [1.807, 2.05) is 36.4 Å². The normalized spacial score (nSPS) is 11.7. The number of carbonyl (C=O) groups excluding carboxylic acids is 1. The van der Waals surface area contributed by atoms with Crippen molar-refractivity contribution < 1.29 is 9.53 Å². The number of hydrogen-bond donors (Lipinski definition) is 2. The molecule has 1 heterocycles. The molecule has 5 heteroatoms. The molecule has 1 amide bonds. The van der Waals surface area contributed by atoms with Crippen molar-refractivity contribution in [2.75, 3.05) is 7.11 Å². The van der Waals surface area contributed by atoms with Gasteiger partial charge in [-0.2, -0.15) is 0 Å². The largest absolute Gasteiger partial charge is 0.481 e. The first-order chi connectivity index (χ1) is 9.70. The highest BCUT2D eigenvalue weighted by atomic mass is 16.5.